The van der Waals surface area contributed by atoms with Crippen LogP contribution in [0.15, 0.2) is 42.5 Å². The van der Waals surface area contributed by atoms with Gasteiger partial charge < -0.3 is 24.3 Å². The summed E-state index contributed by atoms with van der Waals surface area (Å²) in [5, 5.41) is 1.06. The fourth-order valence-corrected chi connectivity index (χ4v) is 3.78. The van der Waals surface area contributed by atoms with Gasteiger partial charge in [0, 0.05) is 48.8 Å². The Morgan fingerprint density at radius 1 is 0.929 bits per heavy atom. The zero-order valence-corrected chi connectivity index (χ0v) is 16.5. The van der Waals surface area contributed by atoms with Crippen molar-refractivity contribution >= 4 is 22.5 Å². The van der Waals surface area contributed by atoms with Crippen LogP contribution in [0.1, 0.15) is 16.1 Å². The molecule has 1 aliphatic rings. The lowest BCUT2D eigenvalue weighted by Crippen LogP contribution is -2.49. The average molecular weight is 379 g/mol. The number of piperazine rings is 1. The summed E-state index contributed by atoms with van der Waals surface area (Å²) in [4.78, 5) is 20.6. The van der Waals surface area contributed by atoms with Crippen molar-refractivity contribution in [3.63, 3.8) is 0 Å². The van der Waals surface area contributed by atoms with Gasteiger partial charge in [-0.2, -0.15) is 0 Å². The maximum Gasteiger partial charge on any atom is 0.270 e. The first-order valence-electron chi connectivity index (χ1n) is 9.45. The zero-order valence-electron chi connectivity index (χ0n) is 16.5. The van der Waals surface area contributed by atoms with Gasteiger partial charge in [0.2, 0.25) is 0 Å². The van der Waals surface area contributed by atoms with Crippen LogP contribution in [-0.2, 0) is 0 Å². The zero-order chi connectivity index (χ0) is 19.7. The van der Waals surface area contributed by atoms with Gasteiger partial charge in [-0.15, -0.1) is 0 Å². The maximum atomic E-state index is 13.1. The number of fused-ring (bicyclic) bond motifs is 1. The van der Waals surface area contributed by atoms with Crippen molar-refractivity contribution in [1.82, 2.24) is 9.88 Å². The van der Waals surface area contributed by atoms with Gasteiger partial charge in [0.1, 0.15) is 17.2 Å². The Morgan fingerprint density at radius 2 is 1.57 bits per heavy atom. The lowest BCUT2D eigenvalue weighted by Gasteiger charge is -2.36. The Labute approximate surface area is 164 Å². The normalized spacial score (nSPS) is 14.4. The number of nitrogens with zero attached hydrogens (tertiary/aromatic N) is 2. The Balaban J connectivity index is 1.47. The van der Waals surface area contributed by atoms with Crippen LogP contribution in [0.25, 0.3) is 10.9 Å². The topological polar surface area (TPSA) is 57.8 Å². The van der Waals surface area contributed by atoms with Crippen LogP contribution >= 0.6 is 0 Å². The lowest BCUT2D eigenvalue weighted by molar-refractivity contribution is 0.0741. The first-order chi connectivity index (χ1) is 13.6. The molecular formula is C22H25N3O3. The molecule has 0 unspecified atom stereocenters. The van der Waals surface area contributed by atoms with E-state index in [9.17, 15) is 4.79 Å². The molecule has 0 bridgehead atoms. The Kier molecular flexibility index (Phi) is 4.86. The Morgan fingerprint density at radius 3 is 2.21 bits per heavy atom. The maximum absolute atomic E-state index is 13.1. The molecule has 1 amide bonds. The largest absolute Gasteiger partial charge is 0.497 e. The van der Waals surface area contributed by atoms with Gasteiger partial charge in [-0.1, -0.05) is 0 Å². The standard InChI is InChI=1S/C22H25N3O3/c1-15-19-9-8-18(28-3)14-20(19)23-21(15)22(26)25-12-10-24(11-13-25)16-4-6-17(27-2)7-5-16/h4-9,14,23H,10-13H2,1-3H3. The van der Waals surface area contributed by atoms with Gasteiger partial charge in [0.25, 0.3) is 5.91 Å². The fourth-order valence-electron chi connectivity index (χ4n) is 3.78. The number of nitrogens with one attached hydrogen (secondary N) is 1. The molecule has 2 aromatic carbocycles. The molecule has 4 rings (SSSR count). The minimum absolute atomic E-state index is 0.0575. The number of methoxy groups -OCH3 is 2. The molecule has 6 heteroatoms. The van der Waals surface area contributed by atoms with Crippen LogP contribution in [0.5, 0.6) is 11.5 Å². The molecule has 0 atom stereocenters. The second kappa shape index (κ2) is 7.46. The van der Waals surface area contributed by atoms with Gasteiger partial charge in [0.05, 0.1) is 14.2 Å². The number of aryl methyl sites for hydroxylation is 1. The number of carbonyl (C=O) groups excluding carboxylic acids is 1. The molecule has 146 valence electrons. The predicted molar refractivity (Wildman–Crippen MR) is 111 cm³/mol. The van der Waals surface area contributed by atoms with Crippen molar-refractivity contribution in [2.24, 2.45) is 0 Å². The van der Waals surface area contributed by atoms with E-state index >= 15 is 0 Å². The summed E-state index contributed by atoms with van der Waals surface area (Å²) in [5.74, 6) is 1.69. The molecule has 1 fully saturated rings. The summed E-state index contributed by atoms with van der Waals surface area (Å²) < 4.78 is 10.5. The van der Waals surface area contributed by atoms with E-state index in [0.29, 0.717) is 18.8 Å². The number of rotatable bonds is 4. The first kappa shape index (κ1) is 18.2. The highest BCUT2D eigenvalue weighted by Gasteiger charge is 2.25. The number of H-pyrrole nitrogens is 1. The number of aromatic nitrogens is 1. The summed E-state index contributed by atoms with van der Waals surface area (Å²) in [6.45, 7) is 5.01. The number of aromatic amines is 1. The summed E-state index contributed by atoms with van der Waals surface area (Å²) >= 11 is 0. The van der Waals surface area contributed by atoms with E-state index in [1.54, 1.807) is 14.2 Å². The predicted octanol–water partition coefficient (Wildman–Crippen LogP) is 3.46. The molecule has 1 N–H and O–H groups in total. The number of hydrogen-bond donors (Lipinski definition) is 1. The van der Waals surface area contributed by atoms with Crippen molar-refractivity contribution in [3.05, 3.63) is 53.7 Å². The molecule has 6 nitrogen and oxygen atoms in total. The quantitative estimate of drug-likeness (QED) is 0.754. The number of hydrogen-bond acceptors (Lipinski definition) is 4. The molecule has 1 aliphatic heterocycles. The molecule has 3 aromatic rings. The van der Waals surface area contributed by atoms with Crippen molar-refractivity contribution in [1.29, 1.82) is 0 Å². The second-order valence-corrected chi connectivity index (χ2v) is 7.01. The molecular weight excluding hydrogens is 354 g/mol. The summed E-state index contributed by atoms with van der Waals surface area (Å²) in [5.41, 5.74) is 3.74. The van der Waals surface area contributed by atoms with Crippen molar-refractivity contribution in [3.8, 4) is 11.5 Å². The SMILES string of the molecule is COc1ccc(N2CCN(C(=O)c3[nH]c4cc(OC)ccc4c3C)CC2)cc1. The highest BCUT2D eigenvalue weighted by molar-refractivity contribution is 6.01. The molecule has 1 aromatic heterocycles. The Bertz CT molecular complexity index is 986. The van der Waals surface area contributed by atoms with E-state index in [2.05, 4.69) is 22.0 Å². The van der Waals surface area contributed by atoms with Gasteiger partial charge in [-0.3, -0.25) is 4.79 Å². The van der Waals surface area contributed by atoms with Crippen molar-refractivity contribution in [2.75, 3.05) is 45.3 Å². The third-order valence-corrected chi connectivity index (χ3v) is 5.48. The molecule has 0 radical (unpaired) electrons. The average Bonchev–Trinajstić information content (AvgIpc) is 3.09. The van der Waals surface area contributed by atoms with Gasteiger partial charge >= 0.3 is 0 Å². The van der Waals surface area contributed by atoms with Crippen molar-refractivity contribution in [2.45, 2.75) is 6.92 Å². The van der Waals surface area contributed by atoms with E-state index in [1.165, 1.54) is 0 Å². The van der Waals surface area contributed by atoms with Crippen LogP contribution in [0.4, 0.5) is 5.69 Å². The third-order valence-electron chi connectivity index (χ3n) is 5.48. The van der Waals surface area contributed by atoms with E-state index in [1.807, 2.05) is 42.2 Å². The lowest BCUT2D eigenvalue weighted by atomic mass is 10.1. The van der Waals surface area contributed by atoms with Crippen molar-refractivity contribution < 1.29 is 14.3 Å². The van der Waals surface area contributed by atoms with E-state index in [4.69, 9.17) is 9.47 Å². The first-order valence-corrected chi connectivity index (χ1v) is 9.45. The minimum atomic E-state index is 0.0575. The second-order valence-electron chi connectivity index (χ2n) is 7.01. The molecule has 28 heavy (non-hydrogen) atoms. The van der Waals surface area contributed by atoms with Gasteiger partial charge in [-0.05, 0) is 48.9 Å². The summed E-state index contributed by atoms with van der Waals surface area (Å²) in [6.07, 6.45) is 0. The molecule has 2 heterocycles. The van der Waals surface area contributed by atoms with E-state index in [0.717, 1.165) is 46.7 Å². The number of ether oxygens (including phenoxy) is 2. The summed E-state index contributed by atoms with van der Waals surface area (Å²) in [7, 11) is 3.31. The minimum Gasteiger partial charge on any atom is -0.497 e. The Hall–Kier alpha value is -3.15. The van der Waals surface area contributed by atoms with Gasteiger partial charge in [-0.25, -0.2) is 0 Å². The number of anilines is 1. The number of benzene rings is 2. The smallest absolute Gasteiger partial charge is 0.270 e. The molecule has 0 spiro atoms. The third kappa shape index (κ3) is 3.26. The van der Waals surface area contributed by atoms with Crippen LogP contribution < -0.4 is 14.4 Å². The number of carbonyl (C=O) groups is 1. The van der Waals surface area contributed by atoms with Gasteiger partial charge in [0.15, 0.2) is 0 Å². The van der Waals surface area contributed by atoms with Crippen LogP contribution in [-0.4, -0.2) is 56.2 Å². The van der Waals surface area contributed by atoms with E-state index < -0.39 is 0 Å². The highest BCUT2D eigenvalue weighted by atomic mass is 16.5. The highest BCUT2D eigenvalue weighted by Crippen LogP contribution is 2.27. The van der Waals surface area contributed by atoms with E-state index in [-0.39, 0.29) is 5.91 Å². The molecule has 0 saturated carbocycles. The number of amides is 1. The molecule has 0 aliphatic carbocycles. The van der Waals surface area contributed by atoms with Crippen LogP contribution in [0.3, 0.4) is 0 Å². The fraction of sp³-hybridized carbons (Fsp3) is 0.318. The molecule has 1 saturated heterocycles. The summed E-state index contributed by atoms with van der Waals surface area (Å²) in [6, 6.07) is 13.9. The monoisotopic (exact) mass is 379 g/mol. The van der Waals surface area contributed by atoms with Crippen LogP contribution in [0, 0.1) is 6.92 Å². The van der Waals surface area contributed by atoms with Crippen LogP contribution in [0.2, 0.25) is 0 Å².